The second-order valence-electron chi connectivity index (χ2n) is 3.17. The van der Waals surface area contributed by atoms with Gasteiger partial charge in [0.1, 0.15) is 5.52 Å². The number of hydrogen-bond donors (Lipinski definition) is 1. The van der Waals surface area contributed by atoms with Crippen molar-refractivity contribution in [2.75, 3.05) is 13.6 Å². The fourth-order valence-corrected chi connectivity index (χ4v) is 1.62. The Balaban J connectivity index is 2.36. The monoisotopic (exact) mass is 209 g/mol. The lowest BCUT2D eigenvalue weighted by Crippen LogP contribution is -2.14. The second kappa shape index (κ2) is 3.98. The van der Waals surface area contributed by atoms with Gasteiger partial charge in [0.15, 0.2) is 0 Å². The number of aromatic nitrogens is 2. The lowest BCUT2D eigenvalue weighted by Gasteiger charge is -1.98. The molecule has 0 unspecified atom stereocenters. The van der Waals surface area contributed by atoms with Crippen molar-refractivity contribution in [3.8, 4) is 0 Å². The molecule has 1 N–H and O–H groups in total. The number of nitrogens with zero attached hydrogens (tertiary/aromatic N) is 2. The number of rotatable bonds is 3. The summed E-state index contributed by atoms with van der Waals surface area (Å²) in [6.45, 7) is 1.77. The zero-order chi connectivity index (χ0) is 9.97. The lowest BCUT2D eigenvalue weighted by molar-refractivity contribution is 0.590. The molecule has 0 amide bonds. The average molecular weight is 210 g/mol. The molecule has 0 aliphatic heterocycles. The van der Waals surface area contributed by atoms with Gasteiger partial charge in [-0.2, -0.15) is 5.10 Å². The Kier molecular flexibility index (Phi) is 2.70. The molecule has 2 aromatic rings. The number of halogens is 1. The molecular formula is C10H12ClN3. The number of fused-ring (bicyclic) bond motifs is 1. The van der Waals surface area contributed by atoms with Gasteiger partial charge in [0.05, 0.1) is 11.6 Å². The highest BCUT2D eigenvalue weighted by Crippen LogP contribution is 2.20. The molecule has 1 aromatic carbocycles. The van der Waals surface area contributed by atoms with E-state index in [1.54, 1.807) is 0 Å². The van der Waals surface area contributed by atoms with Crippen molar-refractivity contribution >= 4 is 22.5 Å². The molecule has 0 aliphatic rings. The van der Waals surface area contributed by atoms with Crippen molar-refractivity contribution in [1.82, 2.24) is 15.1 Å². The molecule has 74 valence electrons. The Hall–Kier alpha value is -1.06. The van der Waals surface area contributed by atoms with Crippen molar-refractivity contribution in [2.24, 2.45) is 0 Å². The number of benzene rings is 1. The smallest absolute Gasteiger partial charge is 0.111 e. The summed E-state index contributed by atoms with van der Waals surface area (Å²) in [5.41, 5.74) is 0.880. The minimum atomic E-state index is 0.714. The highest BCUT2D eigenvalue weighted by molar-refractivity contribution is 6.35. The molecular weight excluding hydrogens is 198 g/mol. The van der Waals surface area contributed by atoms with Crippen LogP contribution in [0.3, 0.4) is 0 Å². The molecule has 0 atom stereocenters. The SMILES string of the molecule is CNCCn1cc2cccc(Cl)c2n1. The number of likely N-dealkylation sites (N-methyl/N-ethyl adjacent to an activating group) is 1. The highest BCUT2D eigenvalue weighted by Gasteiger charge is 2.02. The number of nitrogens with one attached hydrogen (secondary N) is 1. The summed E-state index contributed by atoms with van der Waals surface area (Å²) in [5, 5.41) is 9.28. The van der Waals surface area contributed by atoms with Gasteiger partial charge in [0.2, 0.25) is 0 Å². The van der Waals surface area contributed by atoms with Gasteiger partial charge in [0.25, 0.3) is 0 Å². The van der Waals surface area contributed by atoms with Crippen molar-refractivity contribution in [3.05, 3.63) is 29.4 Å². The van der Waals surface area contributed by atoms with Gasteiger partial charge in [-0.3, -0.25) is 4.68 Å². The van der Waals surface area contributed by atoms with Crippen LogP contribution in [0.5, 0.6) is 0 Å². The van der Waals surface area contributed by atoms with Crippen LogP contribution in [-0.4, -0.2) is 23.4 Å². The van der Waals surface area contributed by atoms with Crippen LogP contribution in [-0.2, 0) is 6.54 Å². The topological polar surface area (TPSA) is 29.9 Å². The molecule has 0 spiro atoms. The second-order valence-corrected chi connectivity index (χ2v) is 3.58. The maximum atomic E-state index is 6.01. The van der Waals surface area contributed by atoms with E-state index in [4.69, 9.17) is 11.6 Å². The largest absolute Gasteiger partial charge is 0.318 e. The predicted octanol–water partition coefficient (Wildman–Crippen LogP) is 1.91. The first-order chi connectivity index (χ1) is 6.81. The van der Waals surface area contributed by atoms with E-state index >= 15 is 0 Å². The van der Waals surface area contributed by atoms with Crippen LogP contribution in [0.4, 0.5) is 0 Å². The van der Waals surface area contributed by atoms with Crippen LogP contribution in [0, 0.1) is 0 Å². The van der Waals surface area contributed by atoms with Crippen molar-refractivity contribution in [1.29, 1.82) is 0 Å². The standard InChI is InChI=1S/C10H12ClN3/c1-12-5-6-14-7-8-3-2-4-9(11)10(8)13-14/h2-4,7,12H,5-6H2,1H3. The van der Waals surface area contributed by atoms with Crippen LogP contribution in [0.25, 0.3) is 10.9 Å². The molecule has 0 saturated carbocycles. The van der Waals surface area contributed by atoms with Gasteiger partial charge in [0, 0.05) is 18.1 Å². The third-order valence-corrected chi connectivity index (χ3v) is 2.43. The first-order valence-corrected chi connectivity index (χ1v) is 4.95. The van der Waals surface area contributed by atoms with Crippen LogP contribution >= 0.6 is 11.6 Å². The summed E-state index contributed by atoms with van der Waals surface area (Å²) in [4.78, 5) is 0. The number of hydrogen-bond acceptors (Lipinski definition) is 2. The normalized spacial score (nSPS) is 11.0. The maximum Gasteiger partial charge on any atom is 0.111 e. The molecule has 1 aromatic heterocycles. The Morgan fingerprint density at radius 1 is 1.50 bits per heavy atom. The molecule has 2 rings (SSSR count). The maximum absolute atomic E-state index is 6.01. The van der Waals surface area contributed by atoms with Crippen LogP contribution in [0.15, 0.2) is 24.4 Å². The van der Waals surface area contributed by atoms with Crippen LogP contribution in [0.2, 0.25) is 5.02 Å². The van der Waals surface area contributed by atoms with E-state index in [-0.39, 0.29) is 0 Å². The third kappa shape index (κ3) is 1.74. The fourth-order valence-electron chi connectivity index (χ4n) is 1.40. The zero-order valence-electron chi connectivity index (χ0n) is 8.00. The Labute approximate surface area is 87.7 Å². The van der Waals surface area contributed by atoms with Crippen molar-refractivity contribution in [3.63, 3.8) is 0 Å². The minimum Gasteiger partial charge on any atom is -0.318 e. The summed E-state index contributed by atoms with van der Waals surface area (Å²) in [5.74, 6) is 0. The van der Waals surface area contributed by atoms with E-state index in [1.807, 2.05) is 36.1 Å². The predicted molar refractivity (Wildman–Crippen MR) is 58.7 cm³/mol. The highest BCUT2D eigenvalue weighted by atomic mass is 35.5. The summed E-state index contributed by atoms with van der Waals surface area (Å²) >= 11 is 6.01. The molecule has 0 fully saturated rings. The lowest BCUT2D eigenvalue weighted by atomic mass is 10.3. The van der Waals surface area contributed by atoms with E-state index < -0.39 is 0 Å². The molecule has 4 heteroatoms. The zero-order valence-corrected chi connectivity index (χ0v) is 8.75. The minimum absolute atomic E-state index is 0.714. The van der Waals surface area contributed by atoms with Gasteiger partial charge in [-0.15, -0.1) is 0 Å². The van der Waals surface area contributed by atoms with Gasteiger partial charge < -0.3 is 5.32 Å². The quantitative estimate of drug-likeness (QED) is 0.837. The summed E-state index contributed by atoms with van der Waals surface area (Å²) in [6, 6.07) is 5.82. The Bertz CT molecular complexity index is 436. The first kappa shape index (κ1) is 9.49. The molecule has 14 heavy (non-hydrogen) atoms. The molecule has 3 nitrogen and oxygen atoms in total. The summed E-state index contributed by atoms with van der Waals surface area (Å²) in [6.07, 6.45) is 2.01. The van der Waals surface area contributed by atoms with E-state index in [9.17, 15) is 0 Å². The van der Waals surface area contributed by atoms with Gasteiger partial charge in [-0.1, -0.05) is 23.7 Å². The van der Waals surface area contributed by atoms with Crippen LogP contribution in [0.1, 0.15) is 0 Å². The fraction of sp³-hybridized carbons (Fsp3) is 0.300. The van der Waals surface area contributed by atoms with Gasteiger partial charge in [-0.05, 0) is 13.1 Å². The molecule has 0 aliphatic carbocycles. The van der Waals surface area contributed by atoms with E-state index in [1.165, 1.54) is 0 Å². The van der Waals surface area contributed by atoms with Crippen molar-refractivity contribution < 1.29 is 0 Å². The van der Waals surface area contributed by atoms with E-state index in [0.29, 0.717) is 5.02 Å². The molecule has 0 saturated heterocycles. The summed E-state index contributed by atoms with van der Waals surface area (Å²) < 4.78 is 1.91. The van der Waals surface area contributed by atoms with E-state index in [0.717, 1.165) is 24.0 Å². The van der Waals surface area contributed by atoms with Crippen LogP contribution < -0.4 is 5.32 Å². The molecule has 0 bridgehead atoms. The van der Waals surface area contributed by atoms with Gasteiger partial charge >= 0.3 is 0 Å². The summed E-state index contributed by atoms with van der Waals surface area (Å²) in [7, 11) is 1.93. The Morgan fingerprint density at radius 3 is 3.07 bits per heavy atom. The van der Waals surface area contributed by atoms with Gasteiger partial charge in [-0.25, -0.2) is 0 Å². The molecule has 1 heterocycles. The van der Waals surface area contributed by atoms with Crippen molar-refractivity contribution in [2.45, 2.75) is 6.54 Å². The average Bonchev–Trinajstić information content (AvgIpc) is 2.59. The third-order valence-electron chi connectivity index (χ3n) is 2.13. The Morgan fingerprint density at radius 2 is 2.36 bits per heavy atom. The molecule has 0 radical (unpaired) electrons. The first-order valence-electron chi connectivity index (χ1n) is 4.57. The van der Waals surface area contributed by atoms with E-state index in [2.05, 4.69) is 10.4 Å².